The quantitative estimate of drug-likeness (QED) is 0.0461. The molecule has 0 bridgehead atoms. The zero-order valence-electron chi connectivity index (χ0n) is 46.7. The maximum absolute atomic E-state index is 13.2. The zero-order valence-corrected chi connectivity index (χ0v) is 49.9. The summed E-state index contributed by atoms with van der Waals surface area (Å²) in [6.45, 7) is 0.354. The minimum absolute atomic E-state index is 0.0241. The first-order chi connectivity index (χ1) is 41.4. The Kier molecular flexibility index (Phi) is 23.1. The average Bonchev–Trinajstić information content (AvgIpc) is 2.25. The van der Waals surface area contributed by atoms with Crippen molar-refractivity contribution in [2.75, 3.05) is 40.1 Å². The molecular formula is C57H49ClF9N9O9S3. The lowest BCUT2D eigenvalue weighted by Gasteiger charge is -2.12. The molecule has 0 fully saturated rings. The maximum atomic E-state index is 13.2. The van der Waals surface area contributed by atoms with Gasteiger partial charge in [-0.25, -0.2) is 38.3 Å². The monoisotopic (exact) mass is 1310 g/mol. The van der Waals surface area contributed by atoms with Crippen LogP contribution in [-0.2, 0) is 58.1 Å². The second kappa shape index (κ2) is 29.8. The number of benzene rings is 3. The third-order valence-electron chi connectivity index (χ3n) is 11.7. The fourth-order valence-corrected chi connectivity index (χ4v) is 8.83. The van der Waals surface area contributed by atoms with Crippen molar-refractivity contribution in [1.29, 1.82) is 0 Å². The lowest BCUT2D eigenvalue weighted by molar-refractivity contribution is -0.142. The van der Waals surface area contributed by atoms with Crippen LogP contribution in [0.25, 0.3) is 33.8 Å². The predicted octanol–water partition coefficient (Wildman–Crippen LogP) is 10.9. The Bertz CT molecular complexity index is 4150. The van der Waals surface area contributed by atoms with Gasteiger partial charge in [0, 0.05) is 71.9 Å². The van der Waals surface area contributed by atoms with Crippen molar-refractivity contribution >= 4 is 44.0 Å². The van der Waals surface area contributed by atoms with Gasteiger partial charge in [0.05, 0.1) is 62.3 Å². The number of hydrogen-bond acceptors (Lipinski definition) is 16. The second-order valence-electron chi connectivity index (χ2n) is 18.1. The molecule has 0 aliphatic carbocycles. The first kappa shape index (κ1) is 68.4. The number of thioether (sulfide) groups is 1. The molecule has 0 aliphatic rings. The van der Waals surface area contributed by atoms with Crippen LogP contribution in [-0.4, -0.2) is 96.7 Å². The molecule has 18 nitrogen and oxygen atoms in total. The number of nitrogens with zero attached hydrogens (tertiary/aromatic N) is 8. The molecule has 1 N–H and O–H groups in total. The molecule has 0 aliphatic heterocycles. The van der Waals surface area contributed by atoms with Gasteiger partial charge < -0.3 is 28.3 Å². The summed E-state index contributed by atoms with van der Waals surface area (Å²) < 4.78 is 170. The number of pyridine rings is 3. The number of aromatic amines is 1. The van der Waals surface area contributed by atoms with Crippen LogP contribution >= 0.6 is 23.4 Å². The molecule has 9 aromatic rings. The van der Waals surface area contributed by atoms with E-state index in [1.807, 2.05) is 24.3 Å². The third kappa shape index (κ3) is 19.6. The molecule has 1 atom stereocenters. The van der Waals surface area contributed by atoms with Crippen molar-refractivity contribution in [3.05, 3.63) is 211 Å². The SMILES string of the molecule is COc1ccc(CCl)cc1.COc1ccc(Cn2cc(-c3cc(C(F)(F)F)nc(S(C)(=O)=O)n3)ccc2=O)cc1.COc1ccc(Cn2cc(-c3cc(C(F)(F)F)nc(S(C)=O)n3)ccc2=O)cc1.CSc1nc(-c2ccc(=O)[nH]c2)cc(C(F)(F)F)n1. The van der Waals surface area contributed by atoms with E-state index in [0.717, 1.165) is 52.6 Å². The van der Waals surface area contributed by atoms with E-state index in [1.165, 1.54) is 84.6 Å². The Morgan fingerprint density at radius 1 is 0.545 bits per heavy atom. The summed E-state index contributed by atoms with van der Waals surface area (Å²) in [6, 6.07) is 31.6. The third-order valence-corrected chi connectivity index (χ3v) is 14.1. The van der Waals surface area contributed by atoms with Crippen molar-refractivity contribution in [1.82, 2.24) is 44.0 Å². The van der Waals surface area contributed by atoms with E-state index < -0.39 is 66.6 Å². The zero-order chi connectivity index (χ0) is 64.7. The molecule has 0 radical (unpaired) electrons. The molecule has 6 aromatic heterocycles. The van der Waals surface area contributed by atoms with Crippen LogP contribution in [0.15, 0.2) is 176 Å². The molecule has 1 unspecified atom stereocenters. The maximum Gasteiger partial charge on any atom is 0.433 e. The largest absolute Gasteiger partial charge is 0.497 e. The van der Waals surface area contributed by atoms with Gasteiger partial charge in [-0.05, 0) is 95.7 Å². The summed E-state index contributed by atoms with van der Waals surface area (Å²) in [6.07, 6.45) is -6.57. The molecule has 6 heterocycles. The second-order valence-corrected chi connectivity index (χ2v) is 22.3. The normalized spacial score (nSPS) is 11.8. The van der Waals surface area contributed by atoms with Gasteiger partial charge in [0.1, 0.15) is 34.3 Å². The van der Waals surface area contributed by atoms with Crippen LogP contribution in [0.1, 0.15) is 33.8 Å². The summed E-state index contributed by atoms with van der Waals surface area (Å²) >= 11 is 6.60. The summed E-state index contributed by atoms with van der Waals surface area (Å²) in [5.41, 5.74) is -1.37. The summed E-state index contributed by atoms with van der Waals surface area (Å²) in [5, 5.41) is -1.35. The number of methoxy groups -OCH3 is 3. The van der Waals surface area contributed by atoms with E-state index >= 15 is 0 Å². The lowest BCUT2D eigenvalue weighted by Crippen LogP contribution is -2.19. The van der Waals surface area contributed by atoms with Crippen molar-refractivity contribution < 1.29 is 66.4 Å². The standard InChI is InChI=1S/C19H16F3N3O4S.C19H16F3N3O3S.C11H8F3N3OS.C8H9ClO/c1-29-14-6-3-12(4-7-14)10-25-11-13(5-8-17(25)26)15-9-16(19(20,21)22)24-18(23-15)30(2,27)28;1-28-14-6-3-12(4-7-14)10-25-11-13(5-8-17(25)26)15-9-16(19(20,21)22)24-18(23-15)29(2)27;1-19-10-16-7(4-8(17-10)11(12,13)14)6-2-3-9(18)15-5-6;1-10-8-4-2-7(6-9)3-5-8/h3-9,11H,10H2,1-2H3;3-9,11H,10H2,1-2H3;2-5H,1H3,(H,15,18);2-5H,6H2,1H3. The fourth-order valence-electron chi connectivity index (χ4n) is 7.29. The number of halogens is 10. The van der Waals surface area contributed by atoms with Crippen LogP contribution < -0.4 is 30.9 Å². The van der Waals surface area contributed by atoms with Crippen molar-refractivity contribution in [3.8, 4) is 51.0 Å². The number of aromatic nitrogens is 9. The number of alkyl halides is 10. The Hall–Kier alpha value is -8.74. The Morgan fingerprint density at radius 2 is 0.943 bits per heavy atom. The average molecular weight is 1310 g/mol. The van der Waals surface area contributed by atoms with E-state index in [9.17, 15) is 66.5 Å². The Labute approximate surface area is 506 Å². The fraction of sp³-hybridized carbons (Fsp3) is 0.211. The van der Waals surface area contributed by atoms with Crippen LogP contribution in [0.2, 0.25) is 0 Å². The summed E-state index contributed by atoms with van der Waals surface area (Å²) in [5.74, 6) is 2.72. The van der Waals surface area contributed by atoms with Crippen LogP contribution in [0.5, 0.6) is 17.2 Å². The topological polar surface area (TPSA) is 233 Å². The molecule has 31 heteroatoms. The molecule has 464 valence electrons. The van der Waals surface area contributed by atoms with E-state index in [-0.39, 0.29) is 63.1 Å². The predicted molar refractivity (Wildman–Crippen MR) is 311 cm³/mol. The number of hydrogen-bond donors (Lipinski definition) is 1. The van der Waals surface area contributed by atoms with Gasteiger partial charge in [-0.1, -0.05) is 48.2 Å². The number of ether oxygens (including phenoxy) is 3. The molecule has 9 rings (SSSR count). The molecule has 3 aromatic carbocycles. The smallest absolute Gasteiger partial charge is 0.433 e. The lowest BCUT2D eigenvalue weighted by atomic mass is 10.1. The molecule has 0 spiro atoms. The minimum Gasteiger partial charge on any atom is -0.497 e. The Morgan fingerprint density at radius 3 is 1.32 bits per heavy atom. The first-order valence-corrected chi connectivity index (χ1v) is 30.1. The van der Waals surface area contributed by atoms with Gasteiger partial charge >= 0.3 is 18.5 Å². The van der Waals surface area contributed by atoms with Crippen LogP contribution in [0, 0.1) is 0 Å². The van der Waals surface area contributed by atoms with E-state index in [1.54, 1.807) is 61.9 Å². The van der Waals surface area contributed by atoms with Gasteiger partial charge in [-0.3, -0.25) is 18.6 Å². The first-order valence-electron chi connectivity index (χ1n) is 24.9. The van der Waals surface area contributed by atoms with Crippen molar-refractivity contribution in [2.24, 2.45) is 0 Å². The number of sulfone groups is 1. The Balaban J connectivity index is 0.000000199. The highest BCUT2D eigenvalue weighted by Gasteiger charge is 2.36. The van der Waals surface area contributed by atoms with Crippen LogP contribution in [0.3, 0.4) is 0 Å². The van der Waals surface area contributed by atoms with Gasteiger partial charge in [0.15, 0.2) is 5.16 Å². The van der Waals surface area contributed by atoms with Crippen molar-refractivity contribution in [2.45, 2.75) is 53.0 Å². The van der Waals surface area contributed by atoms with E-state index in [0.29, 0.717) is 29.0 Å². The van der Waals surface area contributed by atoms with Gasteiger partial charge in [-0.15, -0.1) is 11.6 Å². The van der Waals surface area contributed by atoms with Gasteiger partial charge in [0.25, 0.3) is 11.1 Å². The number of rotatable bonds is 14. The number of H-pyrrole nitrogens is 1. The van der Waals surface area contributed by atoms with Crippen molar-refractivity contribution in [3.63, 3.8) is 0 Å². The summed E-state index contributed by atoms with van der Waals surface area (Å²) in [4.78, 5) is 59.3. The van der Waals surface area contributed by atoms with Gasteiger partial charge in [-0.2, -0.15) is 39.5 Å². The van der Waals surface area contributed by atoms with E-state index in [2.05, 4.69) is 34.9 Å². The highest BCUT2D eigenvalue weighted by Crippen LogP contribution is 2.34. The molecule has 0 saturated heterocycles. The summed E-state index contributed by atoms with van der Waals surface area (Å²) in [7, 11) is -1.19. The van der Waals surface area contributed by atoms with E-state index in [4.69, 9.17) is 25.8 Å². The minimum atomic E-state index is -4.87. The highest BCUT2D eigenvalue weighted by atomic mass is 35.5. The van der Waals surface area contributed by atoms with Gasteiger partial charge in [0.2, 0.25) is 25.7 Å². The highest BCUT2D eigenvalue weighted by molar-refractivity contribution is 7.98. The molecular weight excluding hydrogens is 1260 g/mol. The molecule has 0 saturated carbocycles. The number of nitrogens with one attached hydrogen (secondary N) is 1. The molecule has 0 amide bonds. The molecule has 88 heavy (non-hydrogen) atoms. The van der Waals surface area contributed by atoms with Crippen LogP contribution in [0.4, 0.5) is 39.5 Å².